The number of nitrogens with one attached hydrogen (secondary N) is 1. The second-order valence-corrected chi connectivity index (χ2v) is 9.52. The molecule has 1 saturated heterocycles. The molecule has 1 aliphatic heterocycles. The van der Waals surface area contributed by atoms with Gasteiger partial charge in [0.2, 0.25) is 5.95 Å². The minimum Gasteiger partial charge on any atom is -0.387 e. The van der Waals surface area contributed by atoms with E-state index in [1.165, 1.54) is 6.33 Å². The summed E-state index contributed by atoms with van der Waals surface area (Å²) in [6.07, 6.45) is -3.12. The van der Waals surface area contributed by atoms with Crippen molar-refractivity contribution in [1.82, 2.24) is 19.5 Å². The molecule has 0 amide bonds. The zero-order chi connectivity index (χ0) is 26.8. The first-order chi connectivity index (χ1) is 18.4. The molecule has 196 valence electrons. The molecule has 13 heteroatoms. The second kappa shape index (κ2) is 11.1. The average molecular weight is 556 g/mol. The van der Waals surface area contributed by atoms with Crippen molar-refractivity contribution in [1.29, 1.82) is 5.26 Å². The van der Waals surface area contributed by atoms with Gasteiger partial charge in [-0.25, -0.2) is 15.0 Å². The van der Waals surface area contributed by atoms with Crippen LogP contribution in [0, 0.1) is 11.3 Å². The number of fused-ring (bicyclic) bond motifs is 1. The van der Waals surface area contributed by atoms with Gasteiger partial charge in [-0.2, -0.15) is 5.26 Å². The molecule has 0 saturated carbocycles. The summed E-state index contributed by atoms with van der Waals surface area (Å²) in [4.78, 5) is 12.8. The van der Waals surface area contributed by atoms with Crippen molar-refractivity contribution in [3.8, 4) is 6.07 Å². The lowest BCUT2D eigenvalue weighted by Crippen LogP contribution is -2.34. The van der Waals surface area contributed by atoms with E-state index in [1.807, 2.05) is 6.07 Å². The molecule has 1 fully saturated rings. The number of aliphatic hydroxyl groups excluding tert-OH is 2. The highest BCUT2D eigenvalue weighted by Gasteiger charge is 2.45. The monoisotopic (exact) mass is 555 g/mol. The molecule has 1 aliphatic rings. The van der Waals surface area contributed by atoms with E-state index >= 15 is 0 Å². The van der Waals surface area contributed by atoms with Crippen LogP contribution in [0.15, 0.2) is 48.8 Å². The highest BCUT2D eigenvalue weighted by molar-refractivity contribution is 6.42. The summed E-state index contributed by atoms with van der Waals surface area (Å²) in [5.74, 6) is 0.454. The molecule has 4 aromatic rings. The minimum absolute atomic E-state index is 0.0184. The third-order valence-electron chi connectivity index (χ3n) is 6.17. The Bertz CT molecular complexity index is 1490. The summed E-state index contributed by atoms with van der Waals surface area (Å²) < 4.78 is 13.3. The number of nitrogens with zero attached hydrogens (tertiary/aromatic N) is 5. The van der Waals surface area contributed by atoms with Crippen LogP contribution in [0.4, 0.5) is 11.8 Å². The van der Waals surface area contributed by atoms with Crippen molar-refractivity contribution >= 4 is 46.1 Å². The number of aromatic nitrogens is 4. The highest BCUT2D eigenvalue weighted by Crippen LogP contribution is 2.35. The van der Waals surface area contributed by atoms with Crippen LogP contribution in [0.5, 0.6) is 0 Å². The van der Waals surface area contributed by atoms with E-state index in [0.717, 1.165) is 11.1 Å². The van der Waals surface area contributed by atoms with Crippen LogP contribution in [-0.4, -0.2) is 54.7 Å². The standard InChI is InChI=1S/C25H23Cl2N7O4/c26-16-6-5-15(7-17(16)27)9-30-25-33-19-22(29)31-12-32-23(19)34(25)24-21(36)20(35)18(38-24)11-37-10-14-3-1-13(8-28)2-4-14/h1-7,12,18,20-21,24,35-36H,9-11H2,(H,30,33)(H2,29,31,32)/t18-,20?,21+,24-/m1/s1. The fourth-order valence-electron chi connectivity index (χ4n) is 4.17. The highest BCUT2D eigenvalue weighted by atomic mass is 35.5. The molecule has 2 aromatic carbocycles. The molecular formula is C25H23Cl2N7O4. The maximum absolute atomic E-state index is 10.9. The third kappa shape index (κ3) is 5.23. The Morgan fingerprint density at radius 2 is 1.84 bits per heavy atom. The summed E-state index contributed by atoms with van der Waals surface area (Å²) in [6, 6.07) is 14.3. The zero-order valence-electron chi connectivity index (χ0n) is 19.8. The van der Waals surface area contributed by atoms with E-state index < -0.39 is 24.5 Å². The lowest BCUT2D eigenvalue weighted by molar-refractivity contribution is -0.0675. The molecule has 38 heavy (non-hydrogen) atoms. The van der Waals surface area contributed by atoms with Gasteiger partial charge < -0.3 is 30.7 Å². The molecule has 1 unspecified atom stereocenters. The summed E-state index contributed by atoms with van der Waals surface area (Å²) in [5, 5.41) is 34.7. The van der Waals surface area contributed by atoms with E-state index in [4.69, 9.17) is 43.7 Å². The molecule has 5 rings (SSSR count). The fraction of sp³-hybridized carbons (Fsp3) is 0.280. The molecule has 5 N–H and O–H groups in total. The lowest BCUT2D eigenvalue weighted by atomic mass is 10.1. The molecule has 3 heterocycles. The zero-order valence-corrected chi connectivity index (χ0v) is 21.3. The Kier molecular flexibility index (Phi) is 7.62. The summed E-state index contributed by atoms with van der Waals surface area (Å²) in [6.45, 7) is 0.577. The number of anilines is 2. The number of nitrogen functional groups attached to an aromatic ring is 1. The second-order valence-electron chi connectivity index (χ2n) is 8.71. The summed E-state index contributed by atoms with van der Waals surface area (Å²) >= 11 is 12.2. The van der Waals surface area contributed by atoms with Gasteiger partial charge in [0.05, 0.1) is 34.9 Å². The molecule has 0 spiro atoms. The van der Waals surface area contributed by atoms with Gasteiger partial charge in [0.15, 0.2) is 23.2 Å². The van der Waals surface area contributed by atoms with E-state index in [1.54, 1.807) is 41.0 Å². The smallest absolute Gasteiger partial charge is 0.207 e. The maximum atomic E-state index is 10.9. The van der Waals surface area contributed by atoms with Gasteiger partial charge in [0.1, 0.15) is 24.6 Å². The van der Waals surface area contributed by atoms with Gasteiger partial charge in [0.25, 0.3) is 0 Å². The molecule has 0 bridgehead atoms. The largest absolute Gasteiger partial charge is 0.387 e. The van der Waals surface area contributed by atoms with Gasteiger partial charge in [-0.3, -0.25) is 4.57 Å². The summed E-state index contributed by atoms with van der Waals surface area (Å²) in [5.41, 5.74) is 8.91. The Hall–Kier alpha value is -3.50. The van der Waals surface area contributed by atoms with Gasteiger partial charge in [0, 0.05) is 6.54 Å². The fourth-order valence-corrected chi connectivity index (χ4v) is 4.49. The maximum Gasteiger partial charge on any atom is 0.207 e. The van der Waals surface area contributed by atoms with Crippen molar-refractivity contribution in [3.63, 3.8) is 0 Å². The molecular weight excluding hydrogens is 533 g/mol. The number of nitrogens with two attached hydrogens (primary N) is 1. The van der Waals surface area contributed by atoms with Crippen molar-refractivity contribution in [2.45, 2.75) is 37.7 Å². The van der Waals surface area contributed by atoms with E-state index in [2.05, 4.69) is 26.3 Å². The molecule has 11 nitrogen and oxygen atoms in total. The minimum atomic E-state index is -1.31. The number of imidazole rings is 1. The van der Waals surface area contributed by atoms with Crippen molar-refractivity contribution in [2.24, 2.45) is 0 Å². The number of nitriles is 1. The topological polar surface area (TPSA) is 164 Å². The van der Waals surface area contributed by atoms with E-state index in [0.29, 0.717) is 39.3 Å². The van der Waals surface area contributed by atoms with Crippen LogP contribution in [0.1, 0.15) is 22.9 Å². The number of halogens is 2. The van der Waals surface area contributed by atoms with Crippen LogP contribution < -0.4 is 11.1 Å². The normalized spacial score (nSPS) is 21.0. The summed E-state index contributed by atoms with van der Waals surface area (Å²) in [7, 11) is 0. The van der Waals surface area contributed by atoms with Crippen molar-refractivity contribution in [3.05, 3.63) is 75.5 Å². The van der Waals surface area contributed by atoms with Crippen molar-refractivity contribution in [2.75, 3.05) is 17.7 Å². The first kappa shape index (κ1) is 26.1. The van der Waals surface area contributed by atoms with Crippen LogP contribution in [0.2, 0.25) is 10.0 Å². The van der Waals surface area contributed by atoms with Crippen LogP contribution in [0.25, 0.3) is 11.2 Å². The number of ether oxygens (including phenoxy) is 2. The number of benzene rings is 2. The number of hydrogen-bond donors (Lipinski definition) is 4. The Morgan fingerprint density at radius 3 is 2.58 bits per heavy atom. The molecule has 4 atom stereocenters. The van der Waals surface area contributed by atoms with Gasteiger partial charge in [-0.1, -0.05) is 41.4 Å². The van der Waals surface area contributed by atoms with E-state index in [-0.39, 0.29) is 19.0 Å². The van der Waals surface area contributed by atoms with Crippen LogP contribution in [0.3, 0.4) is 0 Å². The first-order valence-electron chi connectivity index (χ1n) is 11.6. The van der Waals surface area contributed by atoms with Gasteiger partial charge in [-0.05, 0) is 35.4 Å². The Balaban J connectivity index is 1.35. The molecule has 0 aliphatic carbocycles. The van der Waals surface area contributed by atoms with Crippen LogP contribution >= 0.6 is 23.2 Å². The van der Waals surface area contributed by atoms with Gasteiger partial charge in [-0.15, -0.1) is 0 Å². The molecule has 0 radical (unpaired) electrons. The SMILES string of the molecule is N#Cc1ccc(COC[C@H]2O[C@@H](n3c(NCc4ccc(Cl)c(Cl)c4)nc4c(N)ncnc43)[C@@H](O)C2O)cc1. The molecule has 2 aromatic heterocycles. The average Bonchev–Trinajstić information content (AvgIpc) is 3.42. The number of aliphatic hydroxyl groups is 2. The van der Waals surface area contributed by atoms with Crippen LogP contribution in [-0.2, 0) is 22.6 Å². The Morgan fingerprint density at radius 1 is 1.08 bits per heavy atom. The quantitative estimate of drug-likeness (QED) is 0.254. The van der Waals surface area contributed by atoms with Gasteiger partial charge >= 0.3 is 0 Å². The van der Waals surface area contributed by atoms with E-state index in [9.17, 15) is 10.2 Å². The lowest BCUT2D eigenvalue weighted by Gasteiger charge is -2.20. The Labute approximate surface area is 227 Å². The number of hydrogen-bond acceptors (Lipinski definition) is 10. The number of rotatable bonds is 8. The third-order valence-corrected chi connectivity index (χ3v) is 6.90. The van der Waals surface area contributed by atoms with Crippen molar-refractivity contribution < 1.29 is 19.7 Å². The predicted octanol–water partition coefficient (Wildman–Crippen LogP) is 3.04. The first-order valence-corrected chi connectivity index (χ1v) is 12.4. The predicted molar refractivity (Wildman–Crippen MR) is 140 cm³/mol.